The van der Waals surface area contributed by atoms with E-state index in [2.05, 4.69) is 0 Å². The fourth-order valence-electron chi connectivity index (χ4n) is 2.02. The van der Waals surface area contributed by atoms with Crippen LogP contribution in [0.1, 0.15) is 27.0 Å². The van der Waals surface area contributed by atoms with Gasteiger partial charge in [0.1, 0.15) is 6.10 Å². The quantitative estimate of drug-likeness (QED) is 0.711. The van der Waals surface area contributed by atoms with Gasteiger partial charge in [0.25, 0.3) is 0 Å². The van der Waals surface area contributed by atoms with Crippen LogP contribution in [-0.4, -0.2) is 24.6 Å². The molecule has 0 spiro atoms. The average Bonchev–Trinajstić information content (AvgIpc) is 2.31. The molecule has 6 heteroatoms. The molecule has 0 fully saturated rings. The van der Waals surface area contributed by atoms with Crippen LogP contribution in [0.25, 0.3) is 0 Å². The molecule has 1 rings (SSSR count). The van der Waals surface area contributed by atoms with Crippen molar-refractivity contribution < 1.29 is 14.3 Å². The normalized spacial score (nSPS) is 11.9. The molecule has 0 aromatic heterocycles. The summed E-state index contributed by atoms with van der Waals surface area (Å²) in [6.07, 6.45) is -0.871. The fourth-order valence-corrected chi connectivity index (χ4v) is 2.02. The summed E-state index contributed by atoms with van der Waals surface area (Å²) in [6, 6.07) is 3.42. The van der Waals surface area contributed by atoms with Crippen LogP contribution in [-0.2, 0) is 11.2 Å². The van der Waals surface area contributed by atoms with Crippen LogP contribution in [0, 0.1) is 13.8 Å². The predicted molar refractivity (Wildman–Crippen MR) is 71.6 cm³/mol. The van der Waals surface area contributed by atoms with Crippen molar-refractivity contribution in [3.63, 3.8) is 0 Å². The molecule has 0 bridgehead atoms. The number of benzene rings is 1. The first-order valence-corrected chi connectivity index (χ1v) is 5.91. The minimum atomic E-state index is -0.848. The monoisotopic (exact) mass is 265 g/mol. The van der Waals surface area contributed by atoms with Crippen molar-refractivity contribution in [1.82, 2.24) is 0 Å². The highest BCUT2D eigenvalue weighted by atomic mass is 16.6. The van der Waals surface area contributed by atoms with Crippen LogP contribution in [0.3, 0.4) is 0 Å². The number of carbonyl (C=O) groups is 2. The second-order valence-electron chi connectivity index (χ2n) is 4.45. The Morgan fingerprint density at radius 3 is 2.11 bits per heavy atom. The Hall–Kier alpha value is -2.08. The van der Waals surface area contributed by atoms with Crippen molar-refractivity contribution in [2.75, 3.05) is 6.54 Å². The number of amides is 2. The van der Waals surface area contributed by atoms with Gasteiger partial charge in [-0.3, -0.25) is 4.79 Å². The Labute approximate surface area is 111 Å². The van der Waals surface area contributed by atoms with Crippen molar-refractivity contribution in [1.29, 1.82) is 0 Å². The van der Waals surface area contributed by atoms with E-state index < -0.39 is 18.1 Å². The van der Waals surface area contributed by atoms with Gasteiger partial charge < -0.3 is 21.9 Å². The molecule has 0 radical (unpaired) electrons. The summed E-state index contributed by atoms with van der Waals surface area (Å²) in [5.41, 5.74) is 19.0. The molecule has 2 amide bonds. The molecule has 0 saturated heterocycles. The van der Waals surface area contributed by atoms with Crippen molar-refractivity contribution in [2.24, 2.45) is 17.2 Å². The number of hydrogen-bond donors (Lipinski definition) is 3. The van der Waals surface area contributed by atoms with Crippen molar-refractivity contribution in [3.8, 4) is 0 Å². The SMILES string of the molecule is Cc1cc(C(N)=O)cc(C)c1C[C@@H](CN)OC(N)=O. The third-order valence-electron chi connectivity index (χ3n) is 2.96. The number of ether oxygens (including phenoxy) is 1. The zero-order valence-corrected chi connectivity index (χ0v) is 11.1. The van der Waals surface area contributed by atoms with Crippen molar-refractivity contribution in [3.05, 3.63) is 34.4 Å². The summed E-state index contributed by atoms with van der Waals surface area (Å²) in [5.74, 6) is -0.471. The lowest BCUT2D eigenvalue weighted by Gasteiger charge is -2.18. The molecule has 6 nitrogen and oxygen atoms in total. The highest BCUT2D eigenvalue weighted by molar-refractivity contribution is 5.93. The van der Waals surface area contributed by atoms with Crippen LogP contribution < -0.4 is 17.2 Å². The molecule has 19 heavy (non-hydrogen) atoms. The van der Waals surface area contributed by atoms with Crippen LogP contribution in [0.2, 0.25) is 0 Å². The van der Waals surface area contributed by atoms with E-state index in [0.717, 1.165) is 16.7 Å². The van der Waals surface area contributed by atoms with Gasteiger partial charge >= 0.3 is 6.09 Å². The zero-order chi connectivity index (χ0) is 14.6. The van der Waals surface area contributed by atoms with Gasteiger partial charge in [0, 0.05) is 18.5 Å². The second-order valence-corrected chi connectivity index (χ2v) is 4.45. The first kappa shape index (κ1) is 15.0. The Balaban J connectivity index is 3.01. The molecule has 1 aromatic rings. The van der Waals surface area contributed by atoms with E-state index in [0.29, 0.717) is 12.0 Å². The molecule has 0 heterocycles. The Kier molecular flexibility index (Phi) is 4.88. The maximum atomic E-state index is 11.2. The van der Waals surface area contributed by atoms with Gasteiger partial charge in [-0.25, -0.2) is 4.79 Å². The van der Waals surface area contributed by atoms with Crippen LogP contribution in [0.4, 0.5) is 4.79 Å². The van der Waals surface area contributed by atoms with Gasteiger partial charge in [-0.05, 0) is 42.7 Å². The van der Waals surface area contributed by atoms with E-state index in [1.54, 1.807) is 12.1 Å². The van der Waals surface area contributed by atoms with E-state index in [1.807, 2.05) is 13.8 Å². The van der Waals surface area contributed by atoms with Crippen molar-refractivity contribution in [2.45, 2.75) is 26.4 Å². The molecular weight excluding hydrogens is 246 g/mol. The van der Waals surface area contributed by atoms with E-state index >= 15 is 0 Å². The summed E-state index contributed by atoms with van der Waals surface area (Å²) in [5, 5.41) is 0. The average molecular weight is 265 g/mol. The summed E-state index contributed by atoms with van der Waals surface area (Å²) in [4.78, 5) is 21.9. The molecule has 6 N–H and O–H groups in total. The molecule has 0 unspecified atom stereocenters. The zero-order valence-electron chi connectivity index (χ0n) is 11.1. The third kappa shape index (κ3) is 3.96. The lowest BCUT2D eigenvalue weighted by atomic mass is 9.94. The van der Waals surface area contributed by atoms with E-state index in [-0.39, 0.29) is 6.54 Å². The van der Waals surface area contributed by atoms with Crippen LogP contribution in [0.5, 0.6) is 0 Å². The molecule has 1 aromatic carbocycles. The standard InChI is InChI=1S/C13H19N3O3/c1-7-3-9(12(15)17)4-8(2)11(7)5-10(6-14)19-13(16)18/h3-4,10H,5-6,14H2,1-2H3,(H2,15,17)(H2,16,18)/t10-/m0/s1. The van der Waals surface area contributed by atoms with Gasteiger partial charge in [-0.1, -0.05) is 0 Å². The molecule has 104 valence electrons. The van der Waals surface area contributed by atoms with E-state index in [4.69, 9.17) is 21.9 Å². The number of hydrogen-bond acceptors (Lipinski definition) is 4. The van der Waals surface area contributed by atoms with Gasteiger partial charge in [0.15, 0.2) is 0 Å². The number of aryl methyl sites for hydroxylation is 2. The number of primary amides is 2. The Morgan fingerprint density at radius 2 is 1.74 bits per heavy atom. The highest BCUT2D eigenvalue weighted by Crippen LogP contribution is 2.19. The molecule has 1 atom stereocenters. The van der Waals surface area contributed by atoms with Gasteiger partial charge in [0.2, 0.25) is 5.91 Å². The maximum Gasteiger partial charge on any atom is 0.404 e. The number of nitrogens with two attached hydrogens (primary N) is 3. The summed E-state index contributed by atoms with van der Waals surface area (Å²) in [6.45, 7) is 3.92. The van der Waals surface area contributed by atoms with Crippen LogP contribution in [0.15, 0.2) is 12.1 Å². The first-order chi connectivity index (χ1) is 8.85. The van der Waals surface area contributed by atoms with E-state index in [1.165, 1.54) is 0 Å². The number of rotatable bonds is 5. The topological polar surface area (TPSA) is 121 Å². The second kappa shape index (κ2) is 6.19. The fraction of sp³-hybridized carbons (Fsp3) is 0.385. The largest absolute Gasteiger partial charge is 0.445 e. The number of carbonyl (C=O) groups excluding carboxylic acids is 2. The summed E-state index contributed by atoms with van der Waals surface area (Å²) < 4.78 is 4.91. The maximum absolute atomic E-state index is 11.2. The summed E-state index contributed by atoms with van der Waals surface area (Å²) >= 11 is 0. The Morgan fingerprint density at radius 1 is 1.21 bits per heavy atom. The minimum absolute atomic E-state index is 0.180. The van der Waals surface area contributed by atoms with E-state index in [9.17, 15) is 9.59 Å². The Bertz CT molecular complexity index is 477. The smallest absolute Gasteiger partial charge is 0.404 e. The van der Waals surface area contributed by atoms with Crippen LogP contribution >= 0.6 is 0 Å². The lowest BCUT2D eigenvalue weighted by molar-refractivity contribution is 0.1000. The highest BCUT2D eigenvalue weighted by Gasteiger charge is 2.16. The minimum Gasteiger partial charge on any atom is -0.445 e. The molecule has 0 aliphatic rings. The van der Waals surface area contributed by atoms with Crippen molar-refractivity contribution >= 4 is 12.0 Å². The predicted octanol–water partition coefficient (Wildman–Crippen LogP) is 0.367. The molecule has 0 aliphatic heterocycles. The van der Waals surface area contributed by atoms with Gasteiger partial charge in [-0.15, -0.1) is 0 Å². The third-order valence-corrected chi connectivity index (χ3v) is 2.96. The van der Waals surface area contributed by atoms with Gasteiger partial charge in [-0.2, -0.15) is 0 Å². The lowest BCUT2D eigenvalue weighted by Crippen LogP contribution is -2.31. The molecule has 0 saturated carbocycles. The van der Waals surface area contributed by atoms with Gasteiger partial charge in [0.05, 0.1) is 0 Å². The summed E-state index contributed by atoms with van der Waals surface area (Å²) in [7, 11) is 0. The molecule has 0 aliphatic carbocycles. The molecular formula is C13H19N3O3. The first-order valence-electron chi connectivity index (χ1n) is 5.91.